The van der Waals surface area contributed by atoms with Gasteiger partial charge in [0, 0.05) is 18.3 Å². The number of allylic oxidation sites excluding steroid dienone is 1. The van der Waals surface area contributed by atoms with Gasteiger partial charge in [0.1, 0.15) is 5.78 Å². The van der Waals surface area contributed by atoms with Crippen LogP contribution in [-0.2, 0) is 9.59 Å². The lowest BCUT2D eigenvalue weighted by Gasteiger charge is -2.56. The minimum Gasteiger partial charge on any atom is -0.299 e. The maximum atomic E-state index is 12.4. The summed E-state index contributed by atoms with van der Waals surface area (Å²) in [7, 11) is 0. The van der Waals surface area contributed by atoms with Gasteiger partial charge in [-0.2, -0.15) is 0 Å². The van der Waals surface area contributed by atoms with E-state index >= 15 is 0 Å². The number of carbonyl (C=O) groups is 2. The smallest absolute Gasteiger partial charge is 0.155 e. The summed E-state index contributed by atoms with van der Waals surface area (Å²) in [4.78, 5) is 24.1. The zero-order chi connectivity index (χ0) is 14.8. The molecule has 2 nitrogen and oxygen atoms in total. The van der Waals surface area contributed by atoms with Crippen LogP contribution in [0.2, 0.25) is 0 Å². The fourth-order valence-electron chi connectivity index (χ4n) is 6.33. The number of fused-ring (bicyclic) bond motifs is 5. The Balaban J connectivity index is 1.70. The summed E-state index contributed by atoms with van der Waals surface area (Å²) >= 11 is 0. The summed E-state index contributed by atoms with van der Waals surface area (Å²) in [5, 5.41) is 0. The van der Waals surface area contributed by atoms with E-state index in [9.17, 15) is 9.59 Å². The first-order valence-electron chi connectivity index (χ1n) is 8.72. The molecule has 4 aliphatic rings. The second-order valence-electron chi connectivity index (χ2n) is 8.39. The van der Waals surface area contributed by atoms with Gasteiger partial charge in [-0.15, -0.1) is 0 Å². The van der Waals surface area contributed by atoms with Crippen molar-refractivity contribution >= 4 is 11.6 Å². The topological polar surface area (TPSA) is 34.1 Å². The number of ketones is 2. The highest BCUT2D eigenvalue weighted by Gasteiger charge is 2.58. The summed E-state index contributed by atoms with van der Waals surface area (Å²) in [5.74, 6) is 2.88. The lowest BCUT2D eigenvalue weighted by molar-refractivity contribution is -0.132. The third kappa shape index (κ3) is 1.71. The molecule has 0 aromatic carbocycles. The van der Waals surface area contributed by atoms with Crippen LogP contribution >= 0.6 is 0 Å². The van der Waals surface area contributed by atoms with Gasteiger partial charge in [-0.05, 0) is 67.8 Å². The number of Topliss-reactive ketones (excluding diaryl/α,β-unsaturated/α-hetero) is 1. The van der Waals surface area contributed by atoms with Crippen LogP contribution in [0.5, 0.6) is 0 Å². The Morgan fingerprint density at radius 3 is 2.48 bits per heavy atom. The third-order valence-corrected chi connectivity index (χ3v) is 7.67. The minimum absolute atomic E-state index is 0.0246. The van der Waals surface area contributed by atoms with Gasteiger partial charge in [-0.25, -0.2) is 0 Å². The summed E-state index contributed by atoms with van der Waals surface area (Å²) in [6.07, 6.45) is 10.2. The molecular formula is C19H26O2. The molecule has 0 heterocycles. The normalized spacial score (nSPS) is 49.2. The Bertz CT molecular complexity index is 546. The quantitative estimate of drug-likeness (QED) is 0.672. The Hall–Kier alpha value is -0.920. The molecule has 0 aromatic rings. The monoisotopic (exact) mass is 286 g/mol. The molecule has 4 aliphatic carbocycles. The highest BCUT2D eigenvalue weighted by Crippen LogP contribution is 2.64. The van der Waals surface area contributed by atoms with Gasteiger partial charge in [0.25, 0.3) is 0 Å². The van der Waals surface area contributed by atoms with Crippen molar-refractivity contribution < 1.29 is 9.59 Å². The molecule has 5 atom stereocenters. The van der Waals surface area contributed by atoms with Crippen molar-refractivity contribution in [2.24, 2.45) is 28.6 Å². The maximum Gasteiger partial charge on any atom is 0.155 e. The predicted molar refractivity (Wildman–Crippen MR) is 81.7 cm³/mol. The first-order valence-corrected chi connectivity index (χ1v) is 8.72. The van der Waals surface area contributed by atoms with Gasteiger partial charge in [-0.3, -0.25) is 9.59 Å². The van der Waals surface area contributed by atoms with Crippen LogP contribution in [0, 0.1) is 28.6 Å². The van der Waals surface area contributed by atoms with E-state index in [0.29, 0.717) is 29.3 Å². The molecule has 0 spiro atoms. The highest BCUT2D eigenvalue weighted by atomic mass is 16.1. The molecule has 0 radical (unpaired) electrons. The van der Waals surface area contributed by atoms with Crippen molar-refractivity contribution in [2.75, 3.05) is 0 Å². The number of hydrogen-bond donors (Lipinski definition) is 0. The average Bonchev–Trinajstić information content (AvgIpc) is 2.76. The van der Waals surface area contributed by atoms with Crippen molar-refractivity contribution in [2.45, 2.75) is 65.2 Å². The van der Waals surface area contributed by atoms with Crippen molar-refractivity contribution in [3.05, 3.63) is 11.6 Å². The van der Waals surface area contributed by atoms with Crippen molar-refractivity contribution in [3.8, 4) is 0 Å². The van der Waals surface area contributed by atoms with E-state index in [1.807, 2.05) is 6.08 Å². The van der Waals surface area contributed by atoms with E-state index < -0.39 is 0 Å². The van der Waals surface area contributed by atoms with Crippen LogP contribution in [0.1, 0.15) is 65.2 Å². The molecule has 0 N–H and O–H groups in total. The van der Waals surface area contributed by atoms with Crippen LogP contribution in [0.15, 0.2) is 11.6 Å². The molecule has 0 bridgehead atoms. The molecule has 114 valence electrons. The first-order chi connectivity index (χ1) is 9.95. The second kappa shape index (κ2) is 4.30. The third-order valence-electron chi connectivity index (χ3n) is 7.67. The zero-order valence-electron chi connectivity index (χ0n) is 13.3. The maximum absolute atomic E-state index is 12.4. The van der Waals surface area contributed by atoms with Crippen LogP contribution in [0.4, 0.5) is 0 Å². The van der Waals surface area contributed by atoms with Crippen molar-refractivity contribution in [3.63, 3.8) is 0 Å². The van der Waals surface area contributed by atoms with Crippen LogP contribution in [-0.4, -0.2) is 11.6 Å². The van der Waals surface area contributed by atoms with Crippen molar-refractivity contribution in [1.29, 1.82) is 0 Å². The van der Waals surface area contributed by atoms with Gasteiger partial charge < -0.3 is 0 Å². The molecule has 2 heteroatoms. The van der Waals surface area contributed by atoms with E-state index in [0.717, 1.165) is 38.5 Å². The molecular weight excluding hydrogens is 260 g/mol. The van der Waals surface area contributed by atoms with E-state index in [1.54, 1.807) is 0 Å². The van der Waals surface area contributed by atoms with E-state index in [4.69, 9.17) is 0 Å². The zero-order valence-corrected chi connectivity index (χ0v) is 13.3. The van der Waals surface area contributed by atoms with Crippen LogP contribution < -0.4 is 0 Å². The average molecular weight is 286 g/mol. The summed E-state index contributed by atoms with van der Waals surface area (Å²) in [6.45, 7) is 4.64. The molecule has 0 saturated heterocycles. The second-order valence-corrected chi connectivity index (χ2v) is 8.39. The van der Waals surface area contributed by atoms with Crippen LogP contribution in [0.3, 0.4) is 0 Å². The fourth-order valence-corrected chi connectivity index (χ4v) is 6.33. The summed E-state index contributed by atoms with van der Waals surface area (Å²) in [6, 6.07) is 0. The molecule has 0 unspecified atom stereocenters. The highest BCUT2D eigenvalue weighted by molar-refractivity contribution is 5.91. The Kier molecular flexibility index (Phi) is 2.81. The van der Waals surface area contributed by atoms with E-state index in [-0.39, 0.29) is 10.8 Å². The van der Waals surface area contributed by atoms with E-state index in [1.165, 1.54) is 18.4 Å². The Morgan fingerprint density at radius 1 is 0.905 bits per heavy atom. The van der Waals surface area contributed by atoms with Gasteiger partial charge in [0.05, 0.1) is 0 Å². The largest absolute Gasteiger partial charge is 0.299 e. The SMILES string of the molecule is C[C@@]12CC[C@@H]3[C@H](CCC4=CC(=O)CC[C@]43C)[C@H]1CCC2=O. The molecule has 21 heavy (non-hydrogen) atoms. The number of hydrogen-bond acceptors (Lipinski definition) is 2. The first kappa shape index (κ1) is 13.7. The number of carbonyl (C=O) groups excluding carboxylic acids is 2. The molecule has 3 saturated carbocycles. The molecule has 0 aromatic heterocycles. The van der Waals surface area contributed by atoms with E-state index in [2.05, 4.69) is 13.8 Å². The number of rotatable bonds is 0. The standard InChI is InChI=1S/C19H26O2/c1-18-9-7-13(20)11-12(18)3-4-14-15-5-6-17(21)19(15,2)10-8-16(14)18/h11,14-16H,3-10H2,1-2H3/t14-,15-,16-,18-,19-/m1/s1. The molecule has 0 aliphatic heterocycles. The summed E-state index contributed by atoms with van der Waals surface area (Å²) < 4.78 is 0. The molecule has 4 rings (SSSR count). The van der Waals surface area contributed by atoms with Gasteiger partial charge >= 0.3 is 0 Å². The van der Waals surface area contributed by atoms with Gasteiger partial charge in [0.2, 0.25) is 0 Å². The Labute approximate surface area is 127 Å². The summed E-state index contributed by atoms with van der Waals surface area (Å²) in [5.41, 5.74) is 1.64. The van der Waals surface area contributed by atoms with Crippen molar-refractivity contribution in [1.82, 2.24) is 0 Å². The molecule has 3 fully saturated rings. The lowest BCUT2D eigenvalue weighted by Crippen LogP contribution is -2.50. The fraction of sp³-hybridized carbons (Fsp3) is 0.789. The van der Waals surface area contributed by atoms with Gasteiger partial charge in [0.15, 0.2) is 5.78 Å². The predicted octanol–water partition coefficient (Wildman–Crippen LogP) is 4.09. The molecule has 0 amide bonds. The lowest BCUT2D eigenvalue weighted by atomic mass is 9.47. The Morgan fingerprint density at radius 2 is 1.67 bits per heavy atom. The van der Waals surface area contributed by atoms with Gasteiger partial charge in [-0.1, -0.05) is 19.4 Å². The van der Waals surface area contributed by atoms with Crippen LogP contribution in [0.25, 0.3) is 0 Å². The minimum atomic E-state index is -0.0246.